The van der Waals surface area contributed by atoms with Gasteiger partial charge < -0.3 is 9.47 Å². The van der Waals surface area contributed by atoms with E-state index in [-0.39, 0.29) is 23.6 Å². The summed E-state index contributed by atoms with van der Waals surface area (Å²) in [5.41, 5.74) is 0.839. The average Bonchev–Trinajstić information content (AvgIpc) is 3.02. The minimum Gasteiger partial charge on any atom is -0.457 e. The Hall–Kier alpha value is -1.73. The average molecular weight is 351 g/mol. The van der Waals surface area contributed by atoms with Crippen LogP contribution in [0.5, 0.6) is 0 Å². The standard InChI is InChI=1S/C16H19ClN4O3/c1-8-4-16(5-8)9(2)12(23-10(3)22)15(24-16)21-7-20-11-13(17)18-6-19-14(11)21/h6-9,12,15H,4-5H2,1-3H3/t8?,9-,12+,15+,16?/m0/s1. The Balaban J connectivity index is 1.76. The predicted octanol–water partition coefficient (Wildman–Crippen LogP) is 2.75. The zero-order chi connectivity index (χ0) is 17.1. The maximum atomic E-state index is 11.6. The number of hydrogen-bond donors (Lipinski definition) is 0. The molecule has 1 aliphatic carbocycles. The molecule has 0 radical (unpaired) electrons. The summed E-state index contributed by atoms with van der Waals surface area (Å²) in [6, 6.07) is 0. The number of carbonyl (C=O) groups excluding carboxylic acids is 1. The topological polar surface area (TPSA) is 79.1 Å². The molecule has 1 saturated heterocycles. The van der Waals surface area contributed by atoms with Crippen molar-refractivity contribution in [1.29, 1.82) is 0 Å². The van der Waals surface area contributed by atoms with Gasteiger partial charge in [-0.25, -0.2) is 15.0 Å². The Morgan fingerprint density at radius 2 is 2.12 bits per heavy atom. The fraction of sp³-hybridized carbons (Fsp3) is 0.625. The number of esters is 1. The number of imidazole rings is 1. The Bertz CT molecular complexity index is 802. The largest absolute Gasteiger partial charge is 0.457 e. The lowest BCUT2D eigenvalue weighted by Gasteiger charge is -2.46. The molecule has 2 aromatic rings. The molecule has 2 aromatic heterocycles. The van der Waals surface area contributed by atoms with Gasteiger partial charge in [0.15, 0.2) is 23.1 Å². The highest BCUT2D eigenvalue weighted by Crippen LogP contribution is 2.55. The molecule has 3 atom stereocenters. The molecule has 2 fully saturated rings. The van der Waals surface area contributed by atoms with Crippen LogP contribution in [0, 0.1) is 11.8 Å². The number of hydrogen-bond acceptors (Lipinski definition) is 6. The van der Waals surface area contributed by atoms with Crippen molar-refractivity contribution in [3.8, 4) is 0 Å². The fourth-order valence-corrected chi connectivity index (χ4v) is 4.30. The number of fused-ring (bicyclic) bond motifs is 1. The number of ether oxygens (including phenoxy) is 2. The summed E-state index contributed by atoms with van der Waals surface area (Å²) in [4.78, 5) is 24.1. The zero-order valence-electron chi connectivity index (χ0n) is 13.8. The normalized spacial score (nSPS) is 35.3. The maximum Gasteiger partial charge on any atom is 0.303 e. The summed E-state index contributed by atoms with van der Waals surface area (Å²) in [7, 11) is 0. The second-order valence-corrected chi connectivity index (χ2v) is 7.30. The van der Waals surface area contributed by atoms with Gasteiger partial charge in [-0.3, -0.25) is 9.36 Å². The van der Waals surface area contributed by atoms with Crippen LogP contribution in [0.1, 0.15) is 39.8 Å². The monoisotopic (exact) mass is 350 g/mol. The van der Waals surface area contributed by atoms with Crippen molar-refractivity contribution >= 4 is 28.7 Å². The van der Waals surface area contributed by atoms with E-state index in [9.17, 15) is 4.79 Å². The zero-order valence-corrected chi connectivity index (χ0v) is 14.5. The van der Waals surface area contributed by atoms with Crippen LogP contribution in [0.4, 0.5) is 0 Å². The van der Waals surface area contributed by atoms with Gasteiger partial charge in [-0.05, 0) is 18.8 Å². The molecule has 7 nitrogen and oxygen atoms in total. The highest BCUT2D eigenvalue weighted by Gasteiger charge is 2.60. The highest BCUT2D eigenvalue weighted by molar-refractivity contribution is 6.33. The second kappa shape index (κ2) is 5.39. The number of rotatable bonds is 2. The molecular weight excluding hydrogens is 332 g/mol. The van der Waals surface area contributed by atoms with Gasteiger partial charge in [-0.15, -0.1) is 0 Å². The van der Waals surface area contributed by atoms with Gasteiger partial charge >= 0.3 is 5.97 Å². The van der Waals surface area contributed by atoms with Crippen molar-refractivity contribution in [2.24, 2.45) is 11.8 Å². The van der Waals surface area contributed by atoms with Crippen LogP contribution in [-0.4, -0.2) is 37.2 Å². The van der Waals surface area contributed by atoms with Gasteiger partial charge in [0, 0.05) is 12.8 Å². The smallest absolute Gasteiger partial charge is 0.303 e. The first-order valence-corrected chi connectivity index (χ1v) is 8.47. The van der Waals surface area contributed by atoms with Crippen molar-refractivity contribution in [3.63, 3.8) is 0 Å². The molecule has 0 bridgehead atoms. The third-order valence-electron chi connectivity index (χ3n) is 5.24. The molecule has 1 aliphatic heterocycles. The first kappa shape index (κ1) is 15.8. The van der Waals surface area contributed by atoms with E-state index in [1.165, 1.54) is 13.3 Å². The van der Waals surface area contributed by atoms with Gasteiger partial charge in [0.1, 0.15) is 11.8 Å². The van der Waals surface area contributed by atoms with Crippen LogP contribution in [0.3, 0.4) is 0 Å². The molecule has 0 amide bonds. The Morgan fingerprint density at radius 1 is 1.38 bits per heavy atom. The fourth-order valence-electron chi connectivity index (χ4n) is 4.13. The van der Waals surface area contributed by atoms with Crippen molar-refractivity contribution in [3.05, 3.63) is 17.8 Å². The quantitative estimate of drug-likeness (QED) is 0.612. The van der Waals surface area contributed by atoms with E-state index in [4.69, 9.17) is 21.1 Å². The lowest BCUT2D eigenvalue weighted by atomic mass is 9.65. The van der Waals surface area contributed by atoms with Gasteiger partial charge in [0.25, 0.3) is 0 Å². The van der Waals surface area contributed by atoms with Crippen LogP contribution in [0.25, 0.3) is 11.2 Å². The molecular formula is C16H19ClN4O3. The summed E-state index contributed by atoms with van der Waals surface area (Å²) >= 11 is 6.09. The first-order chi connectivity index (χ1) is 11.4. The van der Waals surface area contributed by atoms with Crippen molar-refractivity contribution < 1.29 is 14.3 Å². The van der Waals surface area contributed by atoms with Crippen LogP contribution < -0.4 is 0 Å². The molecule has 4 rings (SSSR count). The summed E-state index contributed by atoms with van der Waals surface area (Å²) in [6.45, 7) is 5.71. The van der Waals surface area contributed by atoms with Crippen molar-refractivity contribution in [2.75, 3.05) is 0 Å². The van der Waals surface area contributed by atoms with Crippen LogP contribution in [0.15, 0.2) is 12.7 Å². The van der Waals surface area contributed by atoms with Gasteiger partial charge in [0.05, 0.1) is 11.9 Å². The lowest BCUT2D eigenvalue weighted by Crippen LogP contribution is -2.48. The SMILES string of the molecule is CC(=O)O[C@H]1[C@H](n2cnc3c(Cl)ncnc32)OC2(CC(C)C2)[C@H]1C. The minimum absolute atomic E-state index is 0.0948. The van der Waals surface area contributed by atoms with Crippen LogP contribution >= 0.6 is 11.6 Å². The van der Waals surface area contributed by atoms with Gasteiger partial charge in [0.2, 0.25) is 0 Å². The van der Waals surface area contributed by atoms with E-state index >= 15 is 0 Å². The van der Waals surface area contributed by atoms with Crippen molar-refractivity contribution in [2.45, 2.75) is 51.5 Å². The summed E-state index contributed by atoms with van der Waals surface area (Å²) in [5, 5.41) is 0.292. The predicted molar refractivity (Wildman–Crippen MR) is 86.3 cm³/mol. The van der Waals surface area contributed by atoms with Gasteiger partial charge in [-0.1, -0.05) is 25.4 Å². The van der Waals surface area contributed by atoms with E-state index in [1.807, 2.05) is 0 Å². The van der Waals surface area contributed by atoms with Gasteiger partial charge in [-0.2, -0.15) is 0 Å². The highest BCUT2D eigenvalue weighted by atomic mass is 35.5. The molecule has 0 unspecified atom stereocenters. The number of halogens is 1. The molecule has 128 valence electrons. The summed E-state index contributed by atoms with van der Waals surface area (Å²) in [5.74, 6) is 0.389. The first-order valence-electron chi connectivity index (χ1n) is 8.09. The second-order valence-electron chi connectivity index (χ2n) is 6.94. The number of nitrogens with zero attached hydrogens (tertiary/aromatic N) is 4. The number of aromatic nitrogens is 4. The molecule has 3 heterocycles. The minimum atomic E-state index is -0.465. The van der Waals surface area contributed by atoms with Crippen LogP contribution in [-0.2, 0) is 14.3 Å². The Kier molecular flexibility index (Phi) is 3.54. The Morgan fingerprint density at radius 3 is 2.79 bits per heavy atom. The van der Waals surface area contributed by atoms with E-state index in [0.29, 0.717) is 22.2 Å². The molecule has 1 spiro atoms. The number of carbonyl (C=O) groups is 1. The molecule has 1 saturated carbocycles. The summed E-state index contributed by atoms with van der Waals surface area (Å²) < 4.78 is 13.8. The molecule has 0 aromatic carbocycles. The van der Waals surface area contributed by atoms with E-state index in [2.05, 4.69) is 28.8 Å². The lowest BCUT2D eigenvalue weighted by molar-refractivity contribution is -0.160. The Labute approximate surface area is 144 Å². The molecule has 2 aliphatic rings. The third-order valence-corrected chi connectivity index (χ3v) is 5.51. The van der Waals surface area contributed by atoms with E-state index < -0.39 is 6.23 Å². The van der Waals surface area contributed by atoms with E-state index in [0.717, 1.165) is 12.8 Å². The molecule has 0 N–H and O–H groups in total. The van der Waals surface area contributed by atoms with E-state index in [1.54, 1.807) is 10.9 Å². The maximum absolute atomic E-state index is 11.6. The third kappa shape index (κ3) is 2.22. The summed E-state index contributed by atoms with van der Waals surface area (Å²) in [6.07, 6.45) is 4.09. The molecule has 24 heavy (non-hydrogen) atoms. The molecule has 8 heteroatoms. The van der Waals surface area contributed by atoms with Crippen LogP contribution in [0.2, 0.25) is 5.15 Å². The van der Waals surface area contributed by atoms with Crippen molar-refractivity contribution in [1.82, 2.24) is 19.5 Å².